The van der Waals surface area contributed by atoms with Crippen LogP contribution in [0.5, 0.6) is 0 Å². The third-order valence-corrected chi connectivity index (χ3v) is 4.47. The number of aliphatic imine (C=N–C) groups is 1. The number of nitrogens with zero attached hydrogens (tertiary/aromatic N) is 1. The lowest BCUT2D eigenvalue weighted by atomic mass is 10.1. The fourth-order valence-corrected chi connectivity index (χ4v) is 2.38. The van der Waals surface area contributed by atoms with Gasteiger partial charge < -0.3 is 16.4 Å². The van der Waals surface area contributed by atoms with Gasteiger partial charge in [0, 0.05) is 17.3 Å². The number of aryl methyl sites for hydroxylation is 2. The Morgan fingerprint density at radius 3 is 2.44 bits per heavy atom. The number of benzene rings is 2. The quantitative estimate of drug-likeness (QED) is 0.315. The van der Waals surface area contributed by atoms with E-state index in [2.05, 4.69) is 29.5 Å². The first-order chi connectivity index (χ1) is 12.4. The van der Waals surface area contributed by atoms with Crippen LogP contribution in [0.2, 0.25) is 0 Å². The molecule has 0 aromatic heterocycles. The SMILES string of the molecule is CCC(C)C(=O)Nc1cccc(CN=C(N)Nc2ccc(C)c(C)c2)c1.I. The fraction of sp³-hybridized carbons (Fsp3) is 0.333. The van der Waals surface area contributed by atoms with Crippen molar-refractivity contribution in [2.45, 2.75) is 40.7 Å². The molecule has 0 heterocycles. The number of guanidine groups is 1. The molecule has 0 fully saturated rings. The third kappa shape index (κ3) is 7.21. The summed E-state index contributed by atoms with van der Waals surface area (Å²) in [5.74, 6) is 0.390. The summed E-state index contributed by atoms with van der Waals surface area (Å²) in [6.45, 7) is 8.50. The largest absolute Gasteiger partial charge is 0.370 e. The van der Waals surface area contributed by atoms with Crippen LogP contribution in [0.15, 0.2) is 47.5 Å². The summed E-state index contributed by atoms with van der Waals surface area (Å²) in [5, 5.41) is 6.05. The molecule has 1 unspecified atom stereocenters. The Morgan fingerprint density at radius 1 is 1.07 bits per heavy atom. The molecular formula is C21H29IN4O. The lowest BCUT2D eigenvalue weighted by Crippen LogP contribution is -2.22. The first-order valence-corrected chi connectivity index (χ1v) is 8.93. The second kappa shape index (κ2) is 10.9. The van der Waals surface area contributed by atoms with Crippen molar-refractivity contribution in [3.63, 3.8) is 0 Å². The number of hydrogen-bond acceptors (Lipinski definition) is 2. The van der Waals surface area contributed by atoms with E-state index in [4.69, 9.17) is 5.73 Å². The van der Waals surface area contributed by atoms with Crippen LogP contribution in [-0.4, -0.2) is 11.9 Å². The van der Waals surface area contributed by atoms with Crippen molar-refractivity contribution in [3.8, 4) is 0 Å². The van der Waals surface area contributed by atoms with Crippen molar-refractivity contribution < 1.29 is 4.79 Å². The maximum Gasteiger partial charge on any atom is 0.227 e. The van der Waals surface area contributed by atoms with Gasteiger partial charge in [0.15, 0.2) is 5.96 Å². The molecule has 0 radical (unpaired) electrons. The Morgan fingerprint density at radius 2 is 1.78 bits per heavy atom. The number of rotatable bonds is 6. The summed E-state index contributed by atoms with van der Waals surface area (Å²) in [6, 6.07) is 13.7. The molecule has 0 aliphatic heterocycles. The van der Waals surface area contributed by atoms with Crippen LogP contribution in [0.1, 0.15) is 37.0 Å². The summed E-state index contributed by atoms with van der Waals surface area (Å²) in [4.78, 5) is 16.4. The van der Waals surface area contributed by atoms with E-state index in [9.17, 15) is 4.79 Å². The Balaban J connectivity index is 0.00000364. The molecule has 0 spiro atoms. The number of carbonyl (C=O) groups excluding carboxylic acids is 1. The molecule has 0 aliphatic rings. The molecule has 4 N–H and O–H groups in total. The number of nitrogens with one attached hydrogen (secondary N) is 2. The van der Waals surface area contributed by atoms with Gasteiger partial charge in [-0.05, 0) is 61.2 Å². The minimum Gasteiger partial charge on any atom is -0.370 e. The van der Waals surface area contributed by atoms with E-state index in [1.807, 2.05) is 56.3 Å². The van der Waals surface area contributed by atoms with Crippen molar-refractivity contribution in [2.24, 2.45) is 16.6 Å². The zero-order valence-electron chi connectivity index (χ0n) is 16.4. The smallest absolute Gasteiger partial charge is 0.227 e. The van der Waals surface area contributed by atoms with Crippen molar-refractivity contribution in [1.29, 1.82) is 0 Å². The standard InChI is InChI=1S/C21H28N4O.HI/c1-5-14(2)20(26)24-18-8-6-7-17(12-18)13-23-21(22)25-19-10-9-15(3)16(4)11-19;/h6-12,14H,5,13H2,1-4H3,(H,24,26)(H3,22,23,25);1H. The number of hydrogen-bond donors (Lipinski definition) is 3. The van der Waals surface area contributed by atoms with Crippen LogP contribution < -0.4 is 16.4 Å². The lowest BCUT2D eigenvalue weighted by Gasteiger charge is -2.11. The molecule has 0 aliphatic carbocycles. The second-order valence-electron chi connectivity index (χ2n) is 6.62. The molecule has 0 saturated heterocycles. The van der Waals surface area contributed by atoms with Crippen LogP contribution in [0.4, 0.5) is 11.4 Å². The zero-order valence-corrected chi connectivity index (χ0v) is 18.7. The Labute approximate surface area is 178 Å². The topological polar surface area (TPSA) is 79.5 Å². The van der Waals surface area contributed by atoms with Gasteiger partial charge in [-0.25, -0.2) is 4.99 Å². The highest BCUT2D eigenvalue weighted by molar-refractivity contribution is 14.0. The average Bonchev–Trinajstić information content (AvgIpc) is 2.62. The predicted octanol–water partition coefficient (Wildman–Crippen LogP) is 4.83. The van der Waals surface area contributed by atoms with Gasteiger partial charge in [0.1, 0.15) is 0 Å². The molecule has 2 aromatic carbocycles. The molecule has 2 aromatic rings. The van der Waals surface area contributed by atoms with Crippen LogP contribution >= 0.6 is 24.0 Å². The third-order valence-electron chi connectivity index (χ3n) is 4.47. The molecule has 0 saturated carbocycles. The summed E-state index contributed by atoms with van der Waals surface area (Å²) in [6.07, 6.45) is 0.816. The van der Waals surface area contributed by atoms with Crippen LogP contribution in [0.3, 0.4) is 0 Å². The van der Waals surface area contributed by atoms with E-state index < -0.39 is 0 Å². The van der Waals surface area contributed by atoms with Gasteiger partial charge in [0.05, 0.1) is 6.54 Å². The van der Waals surface area contributed by atoms with Gasteiger partial charge in [0.25, 0.3) is 0 Å². The monoisotopic (exact) mass is 480 g/mol. The maximum atomic E-state index is 12.0. The van der Waals surface area contributed by atoms with E-state index >= 15 is 0 Å². The average molecular weight is 480 g/mol. The summed E-state index contributed by atoms with van der Waals surface area (Å²) in [5.41, 5.74) is 11.1. The van der Waals surface area contributed by atoms with Gasteiger partial charge in [-0.15, -0.1) is 24.0 Å². The number of anilines is 2. The summed E-state index contributed by atoms with van der Waals surface area (Å²) < 4.78 is 0. The van der Waals surface area contributed by atoms with Crippen molar-refractivity contribution in [3.05, 3.63) is 59.2 Å². The van der Waals surface area contributed by atoms with Gasteiger partial charge >= 0.3 is 0 Å². The predicted molar refractivity (Wildman–Crippen MR) is 125 cm³/mol. The van der Waals surface area contributed by atoms with E-state index in [-0.39, 0.29) is 35.8 Å². The Hall–Kier alpha value is -2.09. The van der Waals surface area contributed by atoms with Crippen molar-refractivity contribution >= 4 is 47.2 Å². The van der Waals surface area contributed by atoms with Gasteiger partial charge in [-0.2, -0.15) is 0 Å². The van der Waals surface area contributed by atoms with Crippen molar-refractivity contribution in [2.75, 3.05) is 10.6 Å². The maximum absolute atomic E-state index is 12.0. The van der Waals surface area contributed by atoms with E-state index in [1.165, 1.54) is 11.1 Å². The second-order valence-corrected chi connectivity index (χ2v) is 6.62. The molecule has 5 nitrogen and oxygen atoms in total. The number of nitrogens with two attached hydrogens (primary N) is 1. The molecule has 2 rings (SSSR count). The Kier molecular flexibility index (Phi) is 9.28. The normalized spacial score (nSPS) is 12.1. The molecular weight excluding hydrogens is 451 g/mol. The molecule has 1 atom stereocenters. The van der Waals surface area contributed by atoms with Gasteiger partial charge in [-0.1, -0.05) is 32.0 Å². The van der Waals surface area contributed by atoms with E-state index in [0.29, 0.717) is 12.5 Å². The molecule has 27 heavy (non-hydrogen) atoms. The summed E-state index contributed by atoms with van der Waals surface area (Å²) >= 11 is 0. The highest BCUT2D eigenvalue weighted by Crippen LogP contribution is 2.15. The van der Waals surface area contributed by atoms with E-state index in [0.717, 1.165) is 23.4 Å². The molecule has 6 heteroatoms. The van der Waals surface area contributed by atoms with E-state index in [1.54, 1.807) is 0 Å². The summed E-state index contributed by atoms with van der Waals surface area (Å²) in [7, 11) is 0. The minimum atomic E-state index is -0.00510. The minimum absolute atomic E-state index is 0. The van der Waals surface area contributed by atoms with Crippen LogP contribution in [-0.2, 0) is 11.3 Å². The molecule has 0 bridgehead atoms. The van der Waals surface area contributed by atoms with Crippen LogP contribution in [0, 0.1) is 19.8 Å². The molecule has 1 amide bonds. The van der Waals surface area contributed by atoms with Gasteiger partial charge in [0.2, 0.25) is 5.91 Å². The fourth-order valence-electron chi connectivity index (χ4n) is 2.38. The molecule has 146 valence electrons. The van der Waals surface area contributed by atoms with Crippen molar-refractivity contribution in [1.82, 2.24) is 0 Å². The first kappa shape index (κ1) is 23.0. The highest BCUT2D eigenvalue weighted by atomic mass is 127. The highest BCUT2D eigenvalue weighted by Gasteiger charge is 2.10. The zero-order chi connectivity index (χ0) is 19.1. The number of carbonyl (C=O) groups is 1. The number of halogens is 1. The van der Waals surface area contributed by atoms with Gasteiger partial charge in [-0.3, -0.25) is 4.79 Å². The number of amides is 1. The lowest BCUT2D eigenvalue weighted by molar-refractivity contribution is -0.119. The first-order valence-electron chi connectivity index (χ1n) is 8.93. The van der Waals surface area contributed by atoms with Crippen LogP contribution in [0.25, 0.3) is 0 Å². The Bertz CT molecular complexity index is 805.